The number of hydrogen-bond acceptors (Lipinski definition) is 3. The number of terminal acetylenes is 1. The minimum atomic E-state index is -1.54. The smallest absolute Gasteiger partial charge is 0.186 e. The lowest BCUT2D eigenvalue weighted by molar-refractivity contribution is -0.0938. The summed E-state index contributed by atoms with van der Waals surface area (Å²) < 4.78 is 25.6. The molecule has 2 unspecified atom stereocenters. The van der Waals surface area contributed by atoms with E-state index in [0.29, 0.717) is 11.5 Å². The number of likely N-dealkylation sites (tertiary alicyclic amines) is 1. The summed E-state index contributed by atoms with van der Waals surface area (Å²) >= 11 is 0. The Morgan fingerprint density at radius 2 is 2.31 bits per heavy atom. The van der Waals surface area contributed by atoms with Gasteiger partial charge in [0.1, 0.15) is 11.5 Å². The number of hydrogen-bond donors (Lipinski definition) is 0. The number of alkyl halides is 2. The molecular formula is C11H11F2N3. The van der Waals surface area contributed by atoms with Gasteiger partial charge in [0, 0.05) is 12.2 Å². The first-order valence-electron chi connectivity index (χ1n) is 4.93. The summed E-state index contributed by atoms with van der Waals surface area (Å²) in [5, 5.41) is 0. The molecule has 0 radical (unpaired) electrons. The van der Waals surface area contributed by atoms with Crippen LogP contribution in [0.4, 0.5) is 8.78 Å². The summed E-state index contributed by atoms with van der Waals surface area (Å²) in [6.45, 7) is 2.06. The zero-order valence-corrected chi connectivity index (χ0v) is 8.82. The van der Waals surface area contributed by atoms with Crippen LogP contribution in [0.3, 0.4) is 0 Å². The number of aromatic nitrogens is 2. The summed E-state index contributed by atoms with van der Waals surface area (Å²) in [5.41, 5.74) is 1.20. The molecule has 0 aromatic carbocycles. The van der Waals surface area contributed by atoms with Gasteiger partial charge < -0.3 is 0 Å². The molecule has 2 atom stereocenters. The molecular weight excluding hydrogens is 212 g/mol. The van der Waals surface area contributed by atoms with E-state index in [1.807, 2.05) is 0 Å². The molecule has 1 aliphatic heterocycles. The van der Waals surface area contributed by atoms with Crippen LogP contribution < -0.4 is 0 Å². The van der Waals surface area contributed by atoms with Crippen LogP contribution in [0.1, 0.15) is 17.2 Å². The van der Waals surface area contributed by atoms with Crippen LogP contribution >= 0.6 is 0 Å². The summed E-state index contributed by atoms with van der Waals surface area (Å²) in [4.78, 5) is 9.51. The van der Waals surface area contributed by atoms with Crippen molar-refractivity contribution < 1.29 is 8.78 Å². The minimum absolute atomic E-state index is 0.0872. The van der Waals surface area contributed by atoms with Crippen molar-refractivity contribution >= 4 is 0 Å². The standard InChI is InChI=1S/C11H11F2N3/c1-3-8-4-7(2)14-10(15-8)6-16-5-9(12)11(16)13/h1,4,9,11H,5-6H2,2H3. The van der Waals surface area contributed by atoms with E-state index in [1.165, 1.54) is 4.90 Å². The van der Waals surface area contributed by atoms with E-state index in [0.717, 1.165) is 5.69 Å². The van der Waals surface area contributed by atoms with Gasteiger partial charge in [-0.3, -0.25) is 4.90 Å². The third-order valence-corrected chi connectivity index (χ3v) is 2.45. The maximum atomic E-state index is 13.0. The van der Waals surface area contributed by atoms with Gasteiger partial charge in [-0.05, 0) is 13.0 Å². The average molecular weight is 223 g/mol. The normalized spacial score (nSPS) is 24.9. The van der Waals surface area contributed by atoms with E-state index in [4.69, 9.17) is 6.42 Å². The first kappa shape index (κ1) is 11.0. The lowest BCUT2D eigenvalue weighted by atomic mass is 10.1. The predicted octanol–water partition coefficient (Wildman–Crippen LogP) is 1.22. The van der Waals surface area contributed by atoms with E-state index in [1.54, 1.807) is 13.0 Å². The van der Waals surface area contributed by atoms with Gasteiger partial charge in [0.25, 0.3) is 0 Å². The topological polar surface area (TPSA) is 29.0 Å². The van der Waals surface area contributed by atoms with Crippen molar-refractivity contribution in [2.75, 3.05) is 6.54 Å². The molecule has 1 saturated heterocycles. The van der Waals surface area contributed by atoms with Crippen LogP contribution in [0.5, 0.6) is 0 Å². The van der Waals surface area contributed by atoms with Crippen molar-refractivity contribution in [2.24, 2.45) is 0 Å². The van der Waals surface area contributed by atoms with Gasteiger partial charge in [0.2, 0.25) is 0 Å². The second kappa shape index (κ2) is 4.14. The van der Waals surface area contributed by atoms with E-state index < -0.39 is 12.5 Å². The minimum Gasteiger partial charge on any atom is -0.261 e. The fourth-order valence-corrected chi connectivity index (χ4v) is 1.61. The summed E-state index contributed by atoms with van der Waals surface area (Å²) in [6.07, 6.45) is 2.29. The predicted molar refractivity (Wildman–Crippen MR) is 54.9 cm³/mol. The highest BCUT2D eigenvalue weighted by molar-refractivity contribution is 5.25. The molecule has 0 saturated carbocycles. The molecule has 2 rings (SSSR count). The zero-order valence-electron chi connectivity index (χ0n) is 8.82. The third kappa shape index (κ3) is 2.02. The molecule has 1 aromatic rings. The highest BCUT2D eigenvalue weighted by Gasteiger charge is 2.39. The van der Waals surface area contributed by atoms with Crippen LogP contribution in [-0.4, -0.2) is 33.9 Å². The summed E-state index contributed by atoms with van der Waals surface area (Å²) in [7, 11) is 0. The quantitative estimate of drug-likeness (QED) is 0.557. The molecule has 0 N–H and O–H groups in total. The molecule has 1 aromatic heterocycles. The Morgan fingerprint density at radius 3 is 2.88 bits per heavy atom. The van der Waals surface area contributed by atoms with Gasteiger partial charge in [-0.2, -0.15) is 0 Å². The summed E-state index contributed by atoms with van der Waals surface area (Å²) in [5.74, 6) is 2.83. The fourth-order valence-electron chi connectivity index (χ4n) is 1.61. The molecule has 2 heterocycles. The Kier molecular flexibility index (Phi) is 2.84. The molecule has 1 aliphatic rings. The van der Waals surface area contributed by atoms with E-state index in [2.05, 4.69) is 15.9 Å². The Balaban J connectivity index is 2.10. The number of nitrogens with zero attached hydrogens (tertiary/aromatic N) is 3. The van der Waals surface area contributed by atoms with Gasteiger partial charge in [0.05, 0.1) is 6.54 Å². The molecule has 0 bridgehead atoms. The molecule has 1 fully saturated rings. The van der Waals surface area contributed by atoms with Crippen molar-refractivity contribution in [2.45, 2.75) is 25.9 Å². The molecule has 0 aliphatic carbocycles. The average Bonchev–Trinajstić information content (AvgIpc) is 2.27. The molecule has 16 heavy (non-hydrogen) atoms. The van der Waals surface area contributed by atoms with Gasteiger partial charge in [-0.15, -0.1) is 6.42 Å². The van der Waals surface area contributed by atoms with Crippen molar-refractivity contribution in [3.8, 4) is 12.3 Å². The summed E-state index contributed by atoms with van der Waals surface area (Å²) in [6, 6.07) is 1.67. The van der Waals surface area contributed by atoms with E-state index >= 15 is 0 Å². The Hall–Kier alpha value is -1.54. The van der Waals surface area contributed by atoms with Gasteiger partial charge in [0.15, 0.2) is 12.5 Å². The number of halogens is 2. The number of aryl methyl sites for hydroxylation is 1. The van der Waals surface area contributed by atoms with Gasteiger partial charge in [-0.1, -0.05) is 5.92 Å². The maximum absolute atomic E-state index is 13.0. The molecule has 3 nitrogen and oxygen atoms in total. The highest BCUT2D eigenvalue weighted by Crippen LogP contribution is 2.23. The van der Waals surface area contributed by atoms with E-state index in [-0.39, 0.29) is 13.1 Å². The van der Waals surface area contributed by atoms with Crippen LogP contribution in [0.25, 0.3) is 0 Å². The molecule has 84 valence electrons. The second-order valence-electron chi connectivity index (χ2n) is 3.77. The fraction of sp³-hybridized carbons (Fsp3) is 0.455. The second-order valence-corrected chi connectivity index (χ2v) is 3.77. The van der Waals surface area contributed by atoms with Crippen LogP contribution in [0.2, 0.25) is 0 Å². The van der Waals surface area contributed by atoms with Crippen LogP contribution in [-0.2, 0) is 6.54 Å². The monoisotopic (exact) mass is 223 g/mol. The number of rotatable bonds is 2. The first-order chi connectivity index (χ1) is 7.60. The van der Waals surface area contributed by atoms with Gasteiger partial charge in [-0.25, -0.2) is 18.7 Å². The van der Waals surface area contributed by atoms with E-state index in [9.17, 15) is 8.78 Å². The molecule has 0 spiro atoms. The third-order valence-electron chi connectivity index (χ3n) is 2.45. The van der Waals surface area contributed by atoms with Crippen LogP contribution in [0, 0.1) is 19.3 Å². The Bertz CT molecular complexity index is 441. The Morgan fingerprint density at radius 1 is 1.56 bits per heavy atom. The lowest BCUT2D eigenvalue weighted by Gasteiger charge is -2.37. The molecule has 0 amide bonds. The Labute approximate surface area is 92.5 Å². The zero-order chi connectivity index (χ0) is 11.7. The molecule has 5 heteroatoms. The lowest BCUT2D eigenvalue weighted by Crippen LogP contribution is -2.54. The van der Waals surface area contributed by atoms with Crippen LogP contribution in [0.15, 0.2) is 6.07 Å². The first-order valence-corrected chi connectivity index (χ1v) is 4.93. The van der Waals surface area contributed by atoms with Crippen molar-refractivity contribution in [3.63, 3.8) is 0 Å². The van der Waals surface area contributed by atoms with Crippen molar-refractivity contribution in [3.05, 3.63) is 23.3 Å². The SMILES string of the molecule is C#Cc1cc(C)nc(CN2CC(F)C2F)n1. The maximum Gasteiger partial charge on any atom is 0.186 e. The largest absolute Gasteiger partial charge is 0.261 e. The van der Waals surface area contributed by atoms with Crippen molar-refractivity contribution in [1.29, 1.82) is 0 Å². The van der Waals surface area contributed by atoms with Crippen molar-refractivity contribution in [1.82, 2.24) is 14.9 Å². The highest BCUT2D eigenvalue weighted by atomic mass is 19.2. The van der Waals surface area contributed by atoms with Gasteiger partial charge >= 0.3 is 0 Å².